The van der Waals surface area contributed by atoms with E-state index < -0.39 is 0 Å². The molecule has 25 heavy (non-hydrogen) atoms. The number of anilines is 1. The minimum absolute atomic E-state index is 0.0597. The summed E-state index contributed by atoms with van der Waals surface area (Å²) in [7, 11) is 0. The Morgan fingerprint density at radius 1 is 1.20 bits per heavy atom. The molecule has 1 aromatic heterocycles. The maximum atomic E-state index is 12.7. The molecule has 1 aromatic rings. The Morgan fingerprint density at radius 2 is 1.92 bits per heavy atom. The van der Waals surface area contributed by atoms with Crippen molar-refractivity contribution in [2.24, 2.45) is 5.41 Å². The quantitative estimate of drug-likeness (QED) is 0.835. The van der Waals surface area contributed by atoms with Crippen LogP contribution in [0.4, 0.5) is 5.13 Å². The molecule has 0 bridgehead atoms. The van der Waals surface area contributed by atoms with Gasteiger partial charge in [-0.25, -0.2) is 0 Å². The summed E-state index contributed by atoms with van der Waals surface area (Å²) in [5.41, 5.74) is -0.211. The van der Waals surface area contributed by atoms with Crippen LogP contribution in [0.1, 0.15) is 50.5 Å². The molecule has 2 heterocycles. The fourth-order valence-corrected chi connectivity index (χ4v) is 4.43. The van der Waals surface area contributed by atoms with E-state index in [1.54, 1.807) is 0 Å². The molecule has 0 aromatic carbocycles. The SMILES string of the molecule is CCc1nnc(NC(=O)CC2(CC(=O)N3CCOCC3)CCCC2)s1. The van der Waals surface area contributed by atoms with E-state index in [1.165, 1.54) is 11.3 Å². The number of carbonyl (C=O) groups is 2. The lowest BCUT2D eigenvalue weighted by molar-refractivity contribution is -0.138. The Morgan fingerprint density at radius 3 is 2.56 bits per heavy atom. The van der Waals surface area contributed by atoms with Gasteiger partial charge in [-0.3, -0.25) is 9.59 Å². The predicted octanol–water partition coefficient (Wildman–Crippen LogP) is 2.24. The molecule has 0 radical (unpaired) electrons. The zero-order valence-corrected chi connectivity index (χ0v) is 15.6. The van der Waals surface area contributed by atoms with Crippen LogP contribution in [0.15, 0.2) is 0 Å². The third kappa shape index (κ3) is 4.76. The molecule has 1 aliphatic heterocycles. The van der Waals surface area contributed by atoms with Crippen LogP contribution in [0.2, 0.25) is 0 Å². The highest BCUT2D eigenvalue weighted by atomic mass is 32.1. The standard InChI is InChI=1S/C17H26N4O3S/c1-2-14-19-20-16(25-14)18-13(22)11-17(5-3-4-6-17)12-15(23)21-7-9-24-10-8-21/h2-12H2,1H3,(H,18,20,22). The van der Waals surface area contributed by atoms with Gasteiger partial charge in [0, 0.05) is 25.9 Å². The molecule has 2 fully saturated rings. The van der Waals surface area contributed by atoms with Crippen LogP contribution in [0, 0.1) is 5.41 Å². The molecule has 0 spiro atoms. The van der Waals surface area contributed by atoms with Crippen molar-refractivity contribution in [3.63, 3.8) is 0 Å². The number of carbonyl (C=O) groups excluding carboxylic acids is 2. The highest BCUT2D eigenvalue weighted by Crippen LogP contribution is 2.44. The molecule has 2 aliphatic rings. The summed E-state index contributed by atoms with van der Waals surface area (Å²) >= 11 is 1.41. The average Bonchev–Trinajstić information content (AvgIpc) is 3.25. The number of aromatic nitrogens is 2. The molecule has 1 N–H and O–H groups in total. The third-order valence-electron chi connectivity index (χ3n) is 5.11. The summed E-state index contributed by atoms with van der Waals surface area (Å²) in [6.45, 7) is 4.54. The number of hydrogen-bond donors (Lipinski definition) is 1. The molecule has 138 valence electrons. The van der Waals surface area contributed by atoms with Crippen molar-refractivity contribution >= 4 is 28.3 Å². The molecule has 1 saturated heterocycles. The highest BCUT2D eigenvalue weighted by Gasteiger charge is 2.39. The summed E-state index contributed by atoms with van der Waals surface area (Å²) in [5, 5.41) is 12.4. The molecular formula is C17H26N4O3S. The number of nitrogens with zero attached hydrogens (tertiary/aromatic N) is 3. The second-order valence-electron chi connectivity index (χ2n) is 6.96. The van der Waals surface area contributed by atoms with E-state index in [0.717, 1.165) is 37.1 Å². The van der Waals surface area contributed by atoms with Crippen molar-refractivity contribution in [3.05, 3.63) is 5.01 Å². The molecule has 1 saturated carbocycles. The highest BCUT2D eigenvalue weighted by molar-refractivity contribution is 7.15. The number of aryl methyl sites for hydroxylation is 1. The van der Waals surface area contributed by atoms with Gasteiger partial charge in [-0.1, -0.05) is 31.1 Å². The van der Waals surface area contributed by atoms with Gasteiger partial charge in [0.1, 0.15) is 5.01 Å². The van der Waals surface area contributed by atoms with Gasteiger partial charge in [0.25, 0.3) is 0 Å². The van der Waals surface area contributed by atoms with Crippen LogP contribution < -0.4 is 5.32 Å². The van der Waals surface area contributed by atoms with Gasteiger partial charge >= 0.3 is 0 Å². The van der Waals surface area contributed by atoms with Gasteiger partial charge < -0.3 is 15.0 Å². The minimum Gasteiger partial charge on any atom is -0.378 e. The Bertz CT molecular complexity index is 607. The molecule has 0 unspecified atom stereocenters. The van der Waals surface area contributed by atoms with Gasteiger partial charge in [-0.15, -0.1) is 10.2 Å². The van der Waals surface area contributed by atoms with E-state index in [-0.39, 0.29) is 17.2 Å². The van der Waals surface area contributed by atoms with Crippen LogP contribution in [0.3, 0.4) is 0 Å². The predicted molar refractivity (Wildman–Crippen MR) is 95.5 cm³/mol. The summed E-state index contributed by atoms with van der Waals surface area (Å²) in [4.78, 5) is 27.0. The van der Waals surface area contributed by atoms with Gasteiger partial charge in [-0.2, -0.15) is 0 Å². The second kappa shape index (κ2) is 8.23. The lowest BCUT2D eigenvalue weighted by atomic mass is 9.78. The lowest BCUT2D eigenvalue weighted by Crippen LogP contribution is -2.43. The van der Waals surface area contributed by atoms with Gasteiger partial charge in [0.05, 0.1) is 13.2 Å². The Hall–Kier alpha value is -1.54. The zero-order chi connectivity index (χ0) is 17.7. The van der Waals surface area contributed by atoms with E-state index in [2.05, 4.69) is 15.5 Å². The number of rotatable bonds is 6. The van der Waals surface area contributed by atoms with Crippen LogP contribution in [-0.2, 0) is 20.7 Å². The Kier molecular flexibility index (Phi) is 6.01. The van der Waals surface area contributed by atoms with Gasteiger partial charge in [0.15, 0.2) is 0 Å². The van der Waals surface area contributed by atoms with E-state index in [9.17, 15) is 9.59 Å². The minimum atomic E-state index is -0.211. The maximum Gasteiger partial charge on any atom is 0.226 e. The molecule has 0 atom stereocenters. The number of nitrogens with one attached hydrogen (secondary N) is 1. The van der Waals surface area contributed by atoms with Crippen LogP contribution >= 0.6 is 11.3 Å². The first kappa shape index (κ1) is 18.3. The van der Waals surface area contributed by atoms with Crippen molar-refractivity contribution in [2.45, 2.75) is 51.9 Å². The Balaban J connectivity index is 1.59. The van der Waals surface area contributed by atoms with Crippen LogP contribution in [-0.4, -0.2) is 53.2 Å². The van der Waals surface area contributed by atoms with Crippen molar-refractivity contribution < 1.29 is 14.3 Å². The van der Waals surface area contributed by atoms with Crippen molar-refractivity contribution in [2.75, 3.05) is 31.6 Å². The number of morpholine rings is 1. The van der Waals surface area contributed by atoms with Gasteiger partial charge in [0.2, 0.25) is 16.9 Å². The largest absolute Gasteiger partial charge is 0.378 e. The molecule has 7 nitrogen and oxygen atoms in total. The van der Waals surface area contributed by atoms with E-state index in [4.69, 9.17) is 4.74 Å². The third-order valence-corrected chi connectivity index (χ3v) is 6.09. The number of ether oxygens (including phenoxy) is 1. The van der Waals surface area contributed by atoms with E-state index >= 15 is 0 Å². The topological polar surface area (TPSA) is 84.4 Å². The monoisotopic (exact) mass is 366 g/mol. The number of amides is 2. The molecule has 2 amide bonds. The van der Waals surface area contributed by atoms with Crippen molar-refractivity contribution in [1.29, 1.82) is 0 Å². The normalized spacial score (nSPS) is 19.8. The smallest absolute Gasteiger partial charge is 0.226 e. The number of hydrogen-bond acceptors (Lipinski definition) is 6. The lowest BCUT2D eigenvalue weighted by Gasteiger charge is -2.33. The second-order valence-corrected chi connectivity index (χ2v) is 8.02. The summed E-state index contributed by atoms with van der Waals surface area (Å²) < 4.78 is 5.32. The van der Waals surface area contributed by atoms with E-state index in [0.29, 0.717) is 44.3 Å². The van der Waals surface area contributed by atoms with Crippen LogP contribution in [0.5, 0.6) is 0 Å². The first-order valence-electron chi connectivity index (χ1n) is 9.08. The average molecular weight is 366 g/mol. The van der Waals surface area contributed by atoms with E-state index in [1.807, 2.05) is 11.8 Å². The first-order valence-corrected chi connectivity index (χ1v) is 9.90. The molecule has 3 rings (SSSR count). The first-order chi connectivity index (χ1) is 12.1. The fourth-order valence-electron chi connectivity index (χ4n) is 3.74. The van der Waals surface area contributed by atoms with Crippen molar-refractivity contribution in [3.8, 4) is 0 Å². The molecular weight excluding hydrogens is 340 g/mol. The fraction of sp³-hybridized carbons (Fsp3) is 0.765. The molecule has 1 aliphatic carbocycles. The maximum absolute atomic E-state index is 12.7. The summed E-state index contributed by atoms with van der Waals surface area (Å²) in [6.07, 6.45) is 5.69. The Labute approximate surface area is 152 Å². The summed E-state index contributed by atoms with van der Waals surface area (Å²) in [5.74, 6) is 0.0951. The zero-order valence-electron chi connectivity index (χ0n) is 14.8. The van der Waals surface area contributed by atoms with Crippen LogP contribution in [0.25, 0.3) is 0 Å². The summed E-state index contributed by atoms with van der Waals surface area (Å²) in [6, 6.07) is 0. The molecule has 8 heteroatoms. The van der Waals surface area contributed by atoms with Gasteiger partial charge in [-0.05, 0) is 24.7 Å². The van der Waals surface area contributed by atoms with Crippen molar-refractivity contribution in [1.82, 2.24) is 15.1 Å².